The van der Waals surface area contributed by atoms with E-state index < -0.39 is 5.97 Å². The van der Waals surface area contributed by atoms with Gasteiger partial charge >= 0.3 is 5.97 Å². The minimum absolute atomic E-state index is 0.231. The van der Waals surface area contributed by atoms with Crippen LogP contribution >= 0.6 is 0 Å². The molecule has 1 N–H and O–H groups in total. The van der Waals surface area contributed by atoms with Gasteiger partial charge in [-0.2, -0.15) is 0 Å². The van der Waals surface area contributed by atoms with Crippen LogP contribution in [0.1, 0.15) is 17.9 Å². The molecule has 0 aliphatic carbocycles. The van der Waals surface area contributed by atoms with E-state index in [2.05, 4.69) is 15.1 Å². The number of benzene rings is 1. The summed E-state index contributed by atoms with van der Waals surface area (Å²) in [6, 6.07) is 7.92. The molecule has 6 nitrogen and oxygen atoms in total. The maximum absolute atomic E-state index is 10.6. The van der Waals surface area contributed by atoms with Crippen molar-refractivity contribution in [2.24, 2.45) is 5.92 Å². The molecule has 0 bridgehead atoms. The van der Waals surface area contributed by atoms with Gasteiger partial charge in [-0.15, -0.1) is 10.2 Å². The van der Waals surface area contributed by atoms with E-state index in [4.69, 9.17) is 9.52 Å². The molecule has 21 heavy (non-hydrogen) atoms. The van der Waals surface area contributed by atoms with Gasteiger partial charge in [0.15, 0.2) is 0 Å². The minimum atomic E-state index is -0.737. The average molecular weight is 287 g/mol. The van der Waals surface area contributed by atoms with Crippen LogP contribution in [0.3, 0.4) is 0 Å². The third kappa shape index (κ3) is 3.28. The van der Waals surface area contributed by atoms with Gasteiger partial charge in [0.1, 0.15) is 0 Å². The lowest BCUT2D eigenvalue weighted by Gasteiger charge is -2.37. The standard InChI is InChI=1S/C15H17N3O3/c1-10-3-2-4-12(5-10)15-17-16-13(21-15)9-18-7-11(8-18)6-14(19)20/h2-5,11H,6-9H2,1H3,(H,19,20). The van der Waals surface area contributed by atoms with Crippen molar-refractivity contribution in [2.45, 2.75) is 19.9 Å². The van der Waals surface area contributed by atoms with E-state index in [1.807, 2.05) is 31.2 Å². The molecule has 3 rings (SSSR count). The van der Waals surface area contributed by atoms with Gasteiger partial charge < -0.3 is 9.52 Å². The first kappa shape index (κ1) is 13.8. The Morgan fingerprint density at radius 1 is 1.43 bits per heavy atom. The second-order valence-electron chi connectivity index (χ2n) is 5.53. The predicted molar refractivity (Wildman–Crippen MR) is 75.5 cm³/mol. The zero-order valence-electron chi connectivity index (χ0n) is 11.8. The van der Waals surface area contributed by atoms with Crippen LogP contribution < -0.4 is 0 Å². The Bertz CT molecular complexity index is 647. The smallest absolute Gasteiger partial charge is 0.303 e. The maximum Gasteiger partial charge on any atom is 0.303 e. The van der Waals surface area contributed by atoms with Gasteiger partial charge in [-0.1, -0.05) is 17.7 Å². The first-order valence-electron chi connectivity index (χ1n) is 6.94. The summed E-state index contributed by atoms with van der Waals surface area (Å²) >= 11 is 0. The molecule has 1 fully saturated rings. The lowest BCUT2D eigenvalue weighted by atomic mass is 9.97. The van der Waals surface area contributed by atoms with Crippen LogP contribution in [0.25, 0.3) is 11.5 Å². The Labute approximate surface area is 122 Å². The van der Waals surface area contributed by atoms with Crippen LogP contribution in [-0.4, -0.2) is 39.3 Å². The van der Waals surface area contributed by atoms with Crippen molar-refractivity contribution in [1.29, 1.82) is 0 Å². The van der Waals surface area contributed by atoms with Crippen LogP contribution in [0.2, 0.25) is 0 Å². The molecule has 0 spiro atoms. The van der Waals surface area contributed by atoms with Crippen LogP contribution in [0.5, 0.6) is 0 Å². The van der Waals surface area contributed by atoms with Crippen molar-refractivity contribution in [3.05, 3.63) is 35.7 Å². The van der Waals surface area contributed by atoms with E-state index >= 15 is 0 Å². The van der Waals surface area contributed by atoms with E-state index in [0.29, 0.717) is 18.3 Å². The molecular weight excluding hydrogens is 270 g/mol. The number of rotatable bonds is 5. The second-order valence-corrected chi connectivity index (χ2v) is 5.53. The van der Waals surface area contributed by atoms with Gasteiger partial charge in [-0.3, -0.25) is 9.69 Å². The third-order valence-electron chi connectivity index (χ3n) is 3.59. The van der Waals surface area contributed by atoms with Crippen molar-refractivity contribution in [1.82, 2.24) is 15.1 Å². The average Bonchev–Trinajstić information content (AvgIpc) is 2.84. The largest absolute Gasteiger partial charge is 0.481 e. The van der Waals surface area contributed by atoms with Crippen LogP contribution in [0.15, 0.2) is 28.7 Å². The van der Waals surface area contributed by atoms with Gasteiger partial charge in [0.25, 0.3) is 0 Å². The molecule has 0 unspecified atom stereocenters. The first-order valence-corrected chi connectivity index (χ1v) is 6.94. The summed E-state index contributed by atoms with van der Waals surface area (Å²) in [6.07, 6.45) is 0.231. The first-order chi connectivity index (χ1) is 10.1. The third-order valence-corrected chi connectivity index (χ3v) is 3.59. The topological polar surface area (TPSA) is 79.5 Å². The Hall–Kier alpha value is -2.21. The Morgan fingerprint density at radius 3 is 2.95 bits per heavy atom. The normalized spacial score (nSPS) is 15.9. The van der Waals surface area contributed by atoms with Gasteiger partial charge in [-0.25, -0.2) is 0 Å². The minimum Gasteiger partial charge on any atom is -0.481 e. The highest BCUT2D eigenvalue weighted by atomic mass is 16.4. The summed E-state index contributed by atoms with van der Waals surface area (Å²) in [7, 11) is 0. The molecule has 1 aliphatic heterocycles. The number of aryl methyl sites for hydroxylation is 1. The highest BCUT2D eigenvalue weighted by Crippen LogP contribution is 2.23. The molecule has 2 heterocycles. The van der Waals surface area contributed by atoms with Gasteiger partial charge in [0.2, 0.25) is 11.8 Å². The summed E-state index contributed by atoms with van der Waals surface area (Å²) in [6.45, 7) is 4.14. The number of nitrogens with zero attached hydrogens (tertiary/aromatic N) is 3. The number of carboxylic acids is 1. The molecule has 2 aromatic rings. The van der Waals surface area contributed by atoms with Gasteiger partial charge in [0, 0.05) is 18.7 Å². The van der Waals surface area contributed by atoms with E-state index in [-0.39, 0.29) is 12.3 Å². The number of hydrogen-bond donors (Lipinski definition) is 1. The molecule has 0 atom stereocenters. The lowest BCUT2D eigenvalue weighted by molar-refractivity contribution is -0.139. The molecule has 110 valence electrons. The molecule has 1 saturated heterocycles. The van der Waals surface area contributed by atoms with Crippen molar-refractivity contribution < 1.29 is 14.3 Å². The van der Waals surface area contributed by atoms with E-state index in [1.165, 1.54) is 0 Å². The summed E-state index contributed by atoms with van der Waals surface area (Å²) in [5, 5.41) is 16.8. The lowest BCUT2D eigenvalue weighted by Crippen LogP contribution is -2.46. The maximum atomic E-state index is 10.6. The van der Waals surface area contributed by atoms with Crippen molar-refractivity contribution in [3.8, 4) is 11.5 Å². The molecule has 0 saturated carbocycles. The molecule has 1 aromatic carbocycles. The summed E-state index contributed by atoms with van der Waals surface area (Å²) in [5.74, 6) is 0.595. The van der Waals surface area contributed by atoms with Crippen LogP contribution in [0.4, 0.5) is 0 Å². The van der Waals surface area contributed by atoms with Gasteiger partial charge in [0.05, 0.1) is 13.0 Å². The molecular formula is C15H17N3O3. The van der Waals surface area contributed by atoms with Crippen molar-refractivity contribution in [3.63, 3.8) is 0 Å². The fourth-order valence-corrected chi connectivity index (χ4v) is 2.59. The zero-order chi connectivity index (χ0) is 14.8. The van der Waals surface area contributed by atoms with Crippen LogP contribution in [0, 0.1) is 12.8 Å². The summed E-state index contributed by atoms with van der Waals surface area (Å²) in [4.78, 5) is 12.7. The van der Waals surface area contributed by atoms with Crippen LogP contribution in [-0.2, 0) is 11.3 Å². The fourth-order valence-electron chi connectivity index (χ4n) is 2.59. The number of carbonyl (C=O) groups is 1. The van der Waals surface area contributed by atoms with E-state index in [0.717, 1.165) is 24.2 Å². The molecule has 0 amide bonds. The van der Waals surface area contributed by atoms with Crippen molar-refractivity contribution >= 4 is 5.97 Å². The van der Waals surface area contributed by atoms with E-state index in [1.54, 1.807) is 0 Å². The SMILES string of the molecule is Cc1cccc(-c2nnc(CN3CC(CC(=O)O)C3)o2)c1. The Kier molecular flexibility index (Phi) is 3.70. The number of hydrogen-bond acceptors (Lipinski definition) is 5. The quantitative estimate of drug-likeness (QED) is 0.905. The Morgan fingerprint density at radius 2 is 2.24 bits per heavy atom. The highest BCUT2D eigenvalue weighted by molar-refractivity contribution is 5.67. The molecule has 6 heteroatoms. The second kappa shape index (κ2) is 5.65. The molecule has 1 aliphatic rings. The zero-order valence-corrected chi connectivity index (χ0v) is 11.8. The van der Waals surface area contributed by atoms with E-state index in [9.17, 15) is 4.79 Å². The summed E-state index contributed by atoms with van der Waals surface area (Å²) < 4.78 is 5.67. The van der Waals surface area contributed by atoms with Gasteiger partial charge in [-0.05, 0) is 25.0 Å². The fraction of sp³-hybridized carbons (Fsp3) is 0.400. The monoisotopic (exact) mass is 287 g/mol. The number of aliphatic carboxylic acids is 1. The Balaban J connectivity index is 1.58. The number of carboxylic acid groups (broad SMARTS) is 1. The highest BCUT2D eigenvalue weighted by Gasteiger charge is 2.29. The number of likely N-dealkylation sites (tertiary alicyclic amines) is 1. The summed E-state index contributed by atoms with van der Waals surface area (Å²) in [5.41, 5.74) is 2.06. The molecule has 0 radical (unpaired) electrons. The predicted octanol–water partition coefficient (Wildman–Crippen LogP) is 1.95. The van der Waals surface area contributed by atoms with Crippen molar-refractivity contribution in [2.75, 3.05) is 13.1 Å². The number of aromatic nitrogens is 2. The molecule has 1 aromatic heterocycles.